The molecule has 74 valence electrons. The van der Waals surface area contributed by atoms with Gasteiger partial charge < -0.3 is 10.5 Å². The van der Waals surface area contributed by atoms with Crippen molar-refractivity contribution in [1.29, 1.82) is 0 Å². The quantitative estimate of drug-likeness (QED) is 0.694. The first kappa shape index (κ1) is 11.9. The molecular weight excluding hydrogens is 150 g/mol. The van der Waals surface area contributed by atoms with E-state index in [0.29, 0.717) is 6.61 Å². The molecule has 0 heterocycles. The summed E-state index contributed by atoms with van der Waals surface area (Å²) < 4.78 is 5.59. The zero-order valence-corrected chi connectivity index (χ0v) is 9.27. The lowest BCUT2D eigenvalue weighted by Gasteiger charge is -2.30. The predicted octanol–water partition coefficient (Wildman–Crippen LogP) is 2.17. The van der Waals surface area contributed by atoms with E-state index in [1.807, 2.05) is 20.8 Å². The molecule has 0 aliphatic heterocycles. The summed E-state index contributed by atoms with van der Waals surface area (Å²) in [6, 6.07) is 0.108. The molecule has 0 bridgehead atoms. The molecule has 0 aliphatic rings. The Morgan fingerprint density at radius 1 is 1.08 bits per heavy atom. The Morgan fingerprint density at radius 3 is 1.75 bits per heavy atom. The first-order chi connectivity index (χ1) is 5.13. The standard InChI is InChI=1S/C10H23NO/c1-9(2,3)8(11)7-12-10(4,5)6/h8H,7,11H2,1-6H3. The Balaban J connectivity index is 3.80. The van der Waals surface area contributed by atoms with Crippen molar-refractivity contribution in [2.24, 2.45) is 11.1 Å². The first-order valence-electron chi connectivity index (χ1n) is 4.52. The second kappa shape index (κ2) is 3.75. The molecule has 2 N–H and O–H groups in total. The molecular formula is C10H23NO. The number of ether oxygens (including phenoxy) is 1. The van der Waals surface area contributed by atoms with Crippen molar-refractivity contribution in [1.82, 2.24) is 0 Å². The van der Waals surface area contributed by atoms with Gasteiger partial charge in [0.25, 0.3) is 0 Å². The van der Waals surface area contributed by atoms with Gasteiger partial charge in [-0.3, -0.25) is 0 Å². The fourth-order valence-electron chi connectivity index (χ4n) is 0.590. The van der Waals surface area contributed by atoms with Crippen LogP contribution >= 0.6 is 0 Å². The first-order valence-corrected chi connectivity index (χ1v) is 4.52. The Kier molecular flexibility index (Phi) is 3.73. The largest absolute Gasteiger partial charge is 0.374 e. The molecule has 0 saturated heterocycles. The van der Waals surface area contributed by atoms with Crippen LogP contribution < -0.4 is 5.73 Å². The van der Waals surface area contributed by atoms with Gasteiger partial charge in [-0.15, -0.1) is 0 Å². The summed E-state index contributed by atoms with van der Waals surface area (Å²) in [6.45, 7) is 13.2. The monoisotopic (exact) mass is 173 g/mol. The van der Waals surface area contributed by atoms with Crippen LogP contribution in [0.2, 0.25) is 0 Å². The summed E-state index contributed by atoms with van der Waals surface area (Å²) in [4.78, 5) is 0. The van der Waals surface area contributed by atoms with Crippen molar-refractivity contribution < 1.29 is 4.74 Å². The van der Waals surface area contributed by atoms with Gasteiger partial charge in [-0.2, -0.15) is 0 Å². The molecule has 12 heavy (non-hydrogen) atoms. The zero-order valence-electron chi connectivity index (χ0n) is 9.27. The van der Waals surface area contributed by atoms with Crippen LogP contribution in [0.3, 0.4) is 0 Å². The minimum absolute atomic E-state index is 0.0805. The summed E-state index contributed by atoms with van der Waals surface area (Å²) in [6.07, 6.45) is 0. The van der Waals surface area contributed by atoms with Gasteiger partial charge in [0.15, 0.2) is 0 Å². The fraction of sp³-hybridized carbons (Fsp3) is 1.00. The topological polar surface area (TPSA) is 35.2 Å². The molecule has 0 aromatic rings. The number of nitrogens with two attached hydrogens (primary N) is 1. The lowest BCUT2D eigenvalue weighted by Crippen LogP contribution is -2.41. The molecule has 0 spiro atoms. The molecule has 0 aromatic carbocycles. The molecule has 0 saturated carbocycles. The molecule has 1 unspecified atom stereocenters. The highest BCUT2D eigenvalue weighted by molar-refractivity contribution is 4.77. The predicted molar refractivity (Wildman–Crippen MR) is 53.1 cm³/mol. The van der Waals surface area contributed by atoms with E-state index in [4.69, 9.17) is 10.5 Å². The average Bonchev–Trinajstić information content (AvgIpc) is 1.78. The Morgan fingerprint density at radius 2 is 1.50 bits per heavy atom. The highest BCUT2D eigenvalue weighted by Gasteiger charge is 2.22. The van der Waals surface area contributed by atoms with Crippen molar-refractivity contribution >= 4 is 0 Å². The average molecular weight is 173 g/mol. The van der Waals surface area contributed by atoms with Crippen molar-refractivity contribution in [2.45, 2.75) is 53.2 Å². The third-order valence-electron chi connectivity index (χ3n) is 1.81. The molecule has 0 amide bonds. The number of hydrogen-bond donors (Lipinski definition) is 1. The van der Waals surface area contributed by atoms with E-state index in [2.05, 4.69) is 20.8 Å². The van der Waals surface area contributed by atoms with Gasteiger partial charge in [-0.25, -0.2) is 0 Å². The van der Waals surface area contributed by atoms with Crippen molar-refractivity contribution in [3.05, 3.63) is 0 Å². The minimum Gasteiger partial charge on any atom is -0.374 e. The van der Waals surface area contributed by atoms with Crippen LogP contribution in [0.25, 0.3) is 0 Å². The van der Waals surface area contributed by atoms with Crippen LogP contribution in [0, 0.1) is 5.41 Å². The van der Waals surface area contributed by atoms with Crippen LogP contribution in [-0.4, -0.2) is 18.2 Å². The van der Waals surface area contributed by atoms with Crippen LogP contribution in [-0.2, 0) is 4.74 Å². The molecule has 0 fully saturated rings. The second-order valence-corrected chi connectivity index (χ2v) is 5.40. The van der Waals surface area contributed by atoms with Gasteiger partial charge in [0.2, 0.25) is 0 Å². The molecule has 2 heteroatoms. The highest BCUT2D eigenvalue weighted by Crippen LogP contribution is 2.19. The van der Waals surface area contributed by atoms with Crippen molar-refractivity contribution in [3.8, 4) is 0 Å². The summed E-state index contributed by atoms with van der Waals surface area (Å²) in [5.41, 5.74) is 5.98. The maximum atomic E-state index is 5.93. The van der Waals surface area contributed by atoms with Crippen LogP contribution in [0.15, 0.2) is 0 Å². The van der Waals surface area contributed by atoms with E-state index in [1.165, 1.54) is 0 Å². The van der Waals surface area contributed by atoms with E-state index in [9.17, 15) is 0 Å². The Labute approximate surface area is 76.5 Å². The van der Waals surface area contributed by atoms with Gasteiger partial charge in [0.05, 0.1) is 12.2 Å². The van der Waals surface area contributed by atoms with Crippen molar-refractivity contribution in [2.75, 3.05) is 6.61 Å². The van der Waals surface area contributed by atoms with Gasteiger partial charge >= 0.3 is 0 Å². The number of hydrogen-bond acceptors (Lipinski definition) is 2. The van der Waals surface area contributed by atoms with E-state index < -0.39 is 0 Å². The fourth-order valence-corrected chi connectivity index (χ4v) is 0.590. The van der Waals surface area contributed by atoms with Crippen LogP contribution in [0.5, 0.6) is 0 Å². The van der Waals surface area contributed by atoms with Gasteiger partial charge in [-0.05, 0) is 26.2 Å². The molecule has 1 atom stereocenters. The Bertz CT molecular complexity index is 130. The molecule has 0 rings (SSSR count). The number of rotatable bonds is 2. The zero-order chi connectivity index (χ0) is 9.99. The summed E-state index contributed by atoms with van der Waals surface area (Å²) in [7, 11) is 0. The maximum absolute atomic E-state index is 5.93. The molecule has 0 aliphatic carbocycles. The van der Waals surface area contributed by atoms with E-state index in [1.54, 1.807) is 0 Å². The summed E-state index contributed by atoms with van der Waals surface area (Å²) in [5.74, 6) is 0. The smallest absolute Gasteiger partial charge is 0.0629 e. The molecule has 2 nitrogen and oxygen atoms in total. The lowest BCUT2D eigenvalue weighted by atomic mass is 9.88. The normalized spacial score (nSPS) is 16.2. The second-order valence-electron chi connectivity index (χ2n) is 5.40. The Hall–Kier alpha value is -0.0800. The van der Waals surface area contributed by atoms with Gasteiger partial charge in [-0.1, -0.05) is 20.8 Å². The highest BCUT2D eigenvalue weighted by atomic mass is 16.5. The molecule has 0 radical (unpaired) electrons. The van der Waals surface area contributed by atoms with Crippen molar-refractivity contribution in [3.63, 3.8) is 0 Å². The third kappa shape index (κ3) is 5.56. The minimum atomic E-state index is -0.0805. The maximum Gasteiger partial charge on any atom is 0.0629 e. The third-order valence-corrected chi connectivity index (χ3v) is 1.81. The van der Waals surface area contributed by atoms with Gasteiger partial charge in [0, 0.05) is 6.04 Å². The molecule has 0 aromatic heterocycles. The SMILES string of the molecule is CC(C)(C)OCC(N)C(C)(C)C. The van der Waals surface area contributed by atoms with Crippen LogP contribution in [0.1, 0.15) is 41.5 Å². The van der Waals surface area contributed by atoms with E-state index in [0.717, 1.165) is 0 Å². The summed E-state index contributed by atoms with van der Waals surface area (Å²) >= 11 is 0. The summed E-state index contributed by atoms with van der Waals surface area (Å²) in [5, 5.41) is 0. The van der Waals surface area contributed by atoms with Gasteiger partial charge in [0.1, 0.15) is 0 Å². The lowest BCUT2D eigenvalue weighted by molar-refractivity contribution is -0.0226. The van der Waals surface area contributed by atoms with E-state index in [-0.39, 0.29) is 17.1 Å². The van der Waals surface area contributed by atoms with Crippen LogP contribution in [0.4, 0.5) is 0 Å². The van der Waals surface area contributed by atoms with E-state index >= 15 is 0 Å².